The molecule has 0 bridgehead atoms. The number of hydrogen-bond donors (Lipinski definition) is 3. The van der Waals surface area contributed by atoms with Crippen LogP contribution in [0.5, 0.6) is 0 Å². The van der Waals surface area contributed by atoms with Crippen molar-refractivity contribution in [3.8, 4) is 0 Å². The Kier molecular flexibility index (Phi) is 6.69. The minimum atomic E-state index is -0.362. The summed E-state index contributed by atoms with van der Waals surface area (Å²) < 4.78 is 5.50. The maximum absolute atomic E-state index is 11.6. The smallest absolute Gasteiger partial charge is 0.243 e. The van der Waals surface area contributed by atoms with Crippen LogP contribution in [0.4, 0.5) is 5.69 Å². The van der Waals surface area contributed by atoms with E-state index < -0.39 is 0 Å². The fourth-order valence-electron chi connectivity index (χ4n) is 1.46. The van der Waals surface area contributed by atoms with Crippen LogP contribution in [-0.4, -0.2) is 31.0 Å². The van der Waals surface area contributed by atoms with Crippen molar-refractivity contribution in [2.45, 2.75) is 26.6 Å². The Hall–Kier alpha value is -1.92. The molecular weight excluding hydrogens is 258 g/mol. The van der Waals surface area contributed by atoms with E-state index >= 15 is 0 Å². The molecule has 0 aliphatic heterocycles. The molecule has 0 atom stereocenters. The zero-order valence-corrected chi connectivity index (χ0v) is 11.8. The second kappa shape index (κ2) is 8.29. The number of ether oxygens (including phenoxy) is 1. The lowest BCUT2D eigenvalue weighted by molar-refractivity contribution is -0.123. The van der Waals surface area contributed by atoms with Gasteiger partial charge in [0.15, 0.2) is 0 Å². The molecule has 6 nitrogen and oxygen atoms in total. The first kappa shape index (κ1) is 16.1. The highest BCUT2D eigenvalue weighted by Gasteiger charge is 2.05. The monoisotopic (exact) mass is 279 g/mol. The van der Waals surface area contributed by atoms with Crippen LogP contribution in [0.15, 0.2) is 24.3 Å². The van der Waals surface area contributed by atoms with Gasteiger partial charge in [-0.05, 0) is 31.5 Å². The zero-order chi connectivity index (χ0) is 15.0. The molecule has 4 N–H and O–H groups in total. The number of anilines is 1. The summed E-state index contributed by atoms with van der Waals surface area (Å²) in [4.78, 5) is 22.6. The summed E-state index contributed by atoms with van der Waals surface area (Å²) in [6.07, 6.45) is 0.153. The molecule has 2 amide bonds. The van der Waals surface area contributed by atoms with Crippen LogP contribution < -0.4 is 16.4 Å². The van der Waals surface area contributed by atoms with E-state index in [4.69, 9.17) is 10.5 Å². The molecule has 1 aromatic rings. The third kappa shape index (κ3) is 6.31. The van der Waals surface area contributed by atoms with Crippen LogP contribution in [0.3, 0.4) is 0 Å². The van der Waals surface area contributed by atoms with E-state index in [9.17, 15) is 9.59 Å². The number of hydrogen-bond acceptors (Lipinski definition) is 4. The van der Waals surface area contributed by atoms with Crippen molar-refractivity contribution in [2.75, 3.05) is 18.4 Å². The summed E-state index contributed by atoms with van der Waals surface area (Å²) in [5.41, 5.74) is 6.77. The van der Waals surface area contributed by atoms with Crippen molar-refractivity contribution in [1.82, 2.24) is 5.32 Å². The standard InChI is InChI=1S/C14H21N3O3/c1-10(2)20-9-11-4-3-5-12(6-11)17-14(19)8-16-13(18)7-15/h3-6,10H,7-9,15H2,1-2H3,(H,16,18)(H,17,19). The van der Waals surface area contributed by atoms with Crippen LogP contribution >= 0.6 is 0 Å². The lowest BCUT2D eigenvalue weighted by Crippen LogP contribution is -2.36. The fourth-order valence-corrected chi connectivity index (χ4v) is 1.46. The normalized spacial score (nSPS) is 10.4. The molecule has 20 heavy (non-hydrogen) atoms. The topological polar surface area (TPSA) is 93.5 Å². The number of nitrogens with one attached hydrogen (secondary N) is 2. The highest BCUT2D eigenvalue weighted by atomic mass is 16.5. The van der Waals surface area contributed by atoms with Crippen molar-refractivity contribution in [1.29, 1.82) is 0 Å². The Labute approximate surface area is 118 Å². The lowest BCUT2D eigenvalue weighted by Gasteiger charge is -2.10. The first-order chi connectivity index (χ1) is 9.51. The molecule has 0 spiro atoms. The van der Waals surface area contributed by atoms with Crippen LogP contribution in [-0.2, 0) is 20.9 Å². The number of amides is 2. The SMILES string of the molecule is CC(C)OCc1cccc(NC(=O)CNC(=O)CN)c1. The molecule has 0 fully saturated rings. The van der Waals surface area contributed by atoms with Gasteiger partial charge < -0.3 is 21.1 Å². The lowest BCUT2D eigenvalue weighted by atomic mass is 10.2. The summed E-state index contributed by atoms with van der Waals surface area (Å²) >= 11 is 0. The Morgan fingerprint density at radius 3 is 2.70 bits per heavy atom. The number of carbonyl (C=O) groups is 2. The number of carbonyl (C=O) groups excluding carboxylic acids is 2. The van der Waals surface area contributed by atoms with Crippen LogP contribution in [0.1, 0.15) is 19.4 Å². The van der Waals surface area contributed by atoms with Gasteiger partial charge in [-0.15, -0.1) is 0 Å². The second-order valence-electron chi connectivity index (χ2n) is 4.59. The molecular formula is C14H21N3O3. The average Bonchev–Trinajstić information content (AvgIpc) is 2.43. The second-order valence-corrected chi connectivity index (χ2v) is 4.59. The third-order valence-corrected chi connectivity index (χ3v) is 2.43. The maximum atomic E-state index is 11.6. The van der Waals surface area contributed by atoms with E-state index in [1.54, 1.807) is 6.07 Å². The van der Waals surface area contributed by atoms with Gasteiger partial charge in [-0.25, -0.2) is 0 Å². The Morgan fingerprint density at radius 2 is 2.05 bits per heavy atom. The zero-order valence-electron chi connectivity index (χ0n) is 11.8. The number of rotatable bonds is 7. The van der Waals surface area contributed by atoms with Crippen molar-refractivity contribution < 1.29 is 14.3 Å². The summed E-state index contributed by atoms with van der Waals surface area (Å²) in [5, 5.41) is 5.11. The summed E-state index contributed by atoms with van der Waals surface area (Å²) in [6, 6.07) is 7.38. The van der Waals surface area contributed by atoms with Crippen LogP contribution in [0, 0.1) is 0 Å². The van der Waals surface area contributed by atoms with Gasteiger partial charge in [-0.2, -0.15) is 0 Å². The molecule has 0 aromatic heterocycles. The predicted octanol–water partition coefficient (Wildman–Crippen LogP) is 0.625. The molecule has 0 heterocycles. The molecule has 0 radical (unpaired) electrons. The summed E-state index contributed by atoms with van der Waals surface area (Å²) in [7, 11) is 0. The van der Waals surface area contributed by atoms with E-state index in [2.05, 4.69) is 10.6 Å². The molecule has 1 aromatic carbocycles. The third-order valence-electron chi connectivity index (χ3n) is 2.43. The average molecular weight is 279 g/mol. The van der Waals surface area contributed by atoms with E-state index in [1.807, 2.05) is 32.0 Å². The fraction of sp³-hybridized carbons (Fsp3) is 0.429. The summed E-state index contributed by atoms with van der Waals surface area (Å²) in [5.74, 6) is -0.659. The van der Waals surface area contributed by atoms with Gasteiger partial charge in [0.25, 0.3) is 0 Å². The highest BCUT2D eigenvalue weighted by Crippen LogP contribution is 2.12. The van der Waals surface area contributed by atoms with E-state index in [0.29, 0.717) is 12.3 Å². The molecule has 0 unspecified atom stereocenters. The minimum absolute atomic E-state index is 0.0945. The Balaban J connectivity index is 2.48. The van der Waals surface area contributed by atoms with Gasteiger partial charge in [-0.1, -0.05) is 12.1 Å². The molecule has 0 aliphatic rings. The van der Waals surface area contributed by atoms with Crippen molar-refractivity contribution in [2.24, 2.45) is 5.73 Å². The minimum Gasteiger partial charge on any atom is -0.374 e. The van der Waals surface area contributed by atoms with E-state index in [1.165, 1.54) is 0 Å². The van der Waals surface area contributed by atoms with Crippen molar-refractivity contribution >= 4 is 17.5 Å². The molecule has 0 saturated carbocycles. The van der Waals surface area contributed by atoms with Gasteiger partial charge >= 0.3 is 0 Å². The first-order valence-corrected chi connectivity index (χ1v) is 6.48. The first-order valence-electron chi connectivity index (χ1n) is 6.48. The predicted molar refractivity (Wildman–Crippen MR) is 77.1 cm³/mol. The van der Waals surface area contributed by atoms with Crippen LogP contribution in [0.25, 0.3) is 0 Å². The maximum Gasteiger partial charge on any atom is 0.243 e. The Bertz CT molecular complexity index is 461. The molecule has 0 aliphatic carbocycles. The van der Waals surface area contributed by atoms with Gasteiger partial charge in [-0.3, -0.25) is 9.59 Å². The number of benzene rings is 1. The quantitative estimate of drug-likeness (QED) is 0.682. The molecule has 110 valence electrons. The molecule has 1 rings (SSSR count). The Morgan fingerprint density at radius 1 is 1.30 bits per heavy atom. The van der Waals surface area contributed by atoms with Crippen molar-refractivity contribution in [3.63, 3.8) is 0 Å². The van der Waals surface area contributed by atoms with E-state index in [-0.39, 0.29) is 31.0 Å². The molecule has 0 saturated heterocycles. The van der Waals surface area contributed by atoms with Crippen molar-refractivity contribution in [3.05, 3.63) is 29.8 Å². The highest BCUT2D eigenvalue weighted by molar-refractivity contribution is 5.94. The largest absolute Gasteiger partial charge is 0.374 e. The number of nitrogens with two attached hydrogens (primary N) is 1. The van der Waals surface area contributed by atoms with E-state index in [0.717, 1.165) is 5.56 Å². The van der Waals surface area contributed by atoms with Gasteiger partial charge in [0.05, 0.1) is 25.8 Å². The van der Waals surface area contributed by atoms with Gasteiger partial charge in [0.1, 0.15) is 0 Å². The molecule has 6 heteroatoms. The summed E-state index contributed by atoms with van der Waals surface area (Å²) in [6.45, 7) is 4.20. The van der Waals surface area contributed by atoms with Gasteiger partial charge in [0.2, 0.25) is 11.8 Å². The van der Waals surface area contributed by atoms with Gasteiger partial charge in [0, 0.05) is 5.69 Å². The van der Waals surface area contributed by atoms with Crippen LogP contribution in [0.2, 0.25) is 0 Å².